The molecule has 0 bridgehead atoms. The molecule has 0 aromatic heterocycles. The summed E-state index contributed by atoms with van der Waals surface area (Å²) < 4.78 is 16.4. The Hall–Kier alpha value is -3.23. The maximum atomic E-state index is 12.9. The molecule has 45 heavy (non-hydrogen) atoms. The number of rotatable bonds is 23. The van der Waals surface area contributed by atoms with E-state index in [1.54, 1.807) is 0 Å². The zero-order valence-corrected chi connectivity index (χ0v) is 28.1. The molecule has 2 atom stereocenters. The van der Waals surface area contributed by atoms with Crippen molar-refractivity contribution in [2.24, 2.45) is 5.73 Å². The van der Waals surface area contributed by atoms with Crippen molar-refractivity contribution in [1.29, 1.82) is 0 Å². The van der Waals surface area contributed by atoms with Crippen molar-refractivity contribution in [3.63, 3.8) is 0 Å². The van der Waals surface area contributed by atoms with Gasteiger partial charge in [-0.3, -0.25) is 9.59 Å². The number of ether oxygens (including phenoxy) is 3. The van der Waals surface area contributed by atoms with E-state index >= 15 is 0 Å². The largest absolute Gasteiger partial charge is 0.465 e. The Morgan fingerprint density at radius 3 is 1.67 bits per heavy atom. The maximum absolute atomic E-state index is 12.9. The molecule has 0 fully saturated rings. The van der Waals surface area contributed by atoms with Crippen LogP contribution in [0.4, 0.5) is 0 Å². The van der Waals surface area contributed by atoms with Gasteiger partial charge in [0.05, 0.1) is 19.3 Å². The van der Waals surface area contributed by atoms with E-state index in [9.17, 15) is 14.4 Å². The maximum Gasteiger partial charge on any atom is 0.328 e. The number of amides is 1. The van der Waals surface area contributed by atoms with E-state index in [-0.39, 0.29) is 19.1 Å². The normalized spacial score (nSPS) is 12.0. The topological polar surface area (TPSA) is 117 Å². The predicted octanol–water partition coefficient (Wildman–Crippen LogP) is 6.72. The lowest BCUT2D eigenvalue weighted by atomic mass is 10.0. The molecular formula is C37H58N2O6. The molecule has 0 aliphatic rings. The summed E-state index contributed by atoms with van der Waals surface area (Å²) in [7, 11) is 0. The number of benzene rings is 2. The highest BCUT2D eigenvalue weighted by atomic mass is 16.5. The molecule has 8 nitrogen and oxygen atoms in total. The number of hydrogen-bond acceptors (Lipinski definition) is 7. The highest BCUT2D eigenvalue weighted by Crippen LogP contribution is 2.11. The summed E-state index contributed by atoms with van der Waals surface area (Å²) in [6, 6.07) is 17.7. The van der Waals surface area contributed by atoms with Gasteiger partial charge in [0.1, 0.15) is 12.1 Å². The summed E-state index contributed by atoms with van der Waals surface area (Å²) >= 11 is 0. The first kappa shape index (κ1) is 39.8. The molecule has 0 saturated carbocycles. The first-order chi connectivity index (χ1) is 21.8. The fraction of sp³-hybridized carbons (Fsp3) is 0.595. The van der Waals surface area contributed by atoms with Gasteiger partial charge in [-0.25, -0.2) is 4.79 Å². The molecule has 0 aliphatic carbocycles. The molecule has 0 radical (unpaired) electrons. The summed E-state index contributed by atoms with van der Waals surface area (Å²) in [5, 5.41) is 2.89. The van der Waals surface area contributed by atoms with Gasteiger partial charge in [0, 0.05) is 19.4 Å². The van der Waals surface area contributed by atoms with Gasteiger partial charge in [0.25, 0.3) is 0 Å². The van der Waals surface area contributed by atoms with Gasteiger partial charge in [0.15, 0.2) is 0 Å². The summed E-state index contributed by atoms with van der Waals surface area (Å²) in [4.78, 5) is 37.7. The molecule has 2 rings (SSSR count). The van der Waals surface area contributed by atoms with Crippen LogP contribution >= 0.6 is 0 Å². The highest BCUT2D eigenvalue weighted by Gasteiger charge is 2.23. The van der Waals surface area contributed by atoms with Gasteiger partial charge in [0.2, 0.25) is 5.91 Å². The van der Waals surface area contributed by atoms with Gasteiger partial charge in [-0.05, 0) is 57.1 Å². The van der Waals surface area contributed by atoms with Crippen LogP contribution in [0.25, 0.3) is 0 Å². The van der Waals surface area contributed by atoms with E-state index in [0.717, 1.165) is 49.8 Å². The number of carbonyl (C=O) groups is 3. The Bertz CT molecular complexity index is 1030. The monoisotopic (exact) mass is 626 g/mol. The molecule has 0 saturated heterocycles. The first-order valence-corrected chi connectivity index (χ1v) is 16.9. The van der Waals surface area contributed by atoms with Crippen LogP contribution in [-0.4, -0.2) is 55.9 Å². The lowest BCUT2D eigenvalue weighted by Gasteiger charge is -2.18. The third-order valence-electron chi connectivity index (χ3n) is 7.03. The molecule has 0 spiro atoms. The Labute approximate surface area is 271 Å². The van der Waals surface area contributed by atoms with Gasteiger partial charge in [-0.15, -0.1) is 0 Å². The van der Waals surface area contributed by atoms with E-state index in [4.69, 9.17) is 19.9 Å². The van der Waals surface area contributed by atoms with Crippen molar-refractivity contribution in [2.45, 2.75) is 123 Å². The lowest BCUT2D eigenvalue weighted by Crippen LogP contribution is -2.43. The Morgan fingerprint density at radius 1 is 0.644 bits per heavy atom. The molecule has 2 aromatic carbocycles. The molecule has 2 unspecified atom stereocenters. The Balaban J connectivity index is 0.00000496. The number of nitrogens with two attached hydrogens (primary N) is 1. The van der Waals surface area contributed by atoms with E-state index < -0.39 is 24.0 Å². The third kappa shape index (κ3) is 20.4. The minimum atomic E-state index is -0.753. The summed E-state index contributed by atoms with van der Waals surface area (Å²) in [6.07, 6.45) is 10.0. The summed E-state index contributed by atoms with van der Waals surface area (Å²) in [5.41, 5.74) is 7.89. The molecule has 2 aromatic rings. The third-order valence-corrected chi connectivity index (χ3v) is 7.03. The Kier molecular flexibility index (Phi) is 23.0. The lowest BCUT2D eigenvalue weighted by molar-refractivity contribution is -0.149. The van der Waals surface area contributed by atoms with Crippen molar-refractivity contribution in [1.82, 2.24) is 5.32 Å². The quantitative estimate of drug-likeness (QED) is 0.104. The fourth-order valence-corrected chi connectivity index (χ4v) is 4.61. The minimum absolute atomic E-state index is 0.137. The fourth-order valence-electron chi connectivity index (χ4n) is 4.61. The van der Waals surface area contributed by atoms with Crippen LogP contribution in [-0.2, 0) is 41.4 Å². The standard InChI is InChI=1S/C35H52N2O6.C2H6/c1-28(2)41-23-15-7-5-3-4-6-14-22-33(38)37-32(27-30-20-12-9-13-21-30)35(40)43-25-17-16-24-42-34(39)31(36)26-29-18-10-8-11-19-29;1-2/h8-13,18-21,28,31-32H,3-7,14-17,22-27,36H2,1-2H3,(H,37,38);1-2H3. The van der Waals surface area contributed by atoms with Crippen LogP contribution in [0, 0.1) is 0 Å². The average Bonchev–Trinajstić information content (AvgIpc) is 3.04. The zero-order valence-electron chi connectivity index (χ0n) is 28.1. The van der Waals surface area contributed by atoms with Crippen LogP contribution in [0.5, 0.6) is 0 Å². The molecule has 0 aliphatic heterocycles. The number of hydrogen-bond donors (Lipinski definition) is 2. The molecule has 1 amide bonds. The highest BCUT2D eigenvalue weighted by molar-refractivity contribution is 5.84. The van der Waals surface area contributed by atoms with Crippen molar-refractivity contribution < 1.29 is 28.6 Å². The summed E-state index contributed by atoms with van der Waals surface area (Å²) in [6.45, 7) is 9.31. The van der Waals surface area contributed by atoms with Crippen molar-refractivity contribution in [2.75, 3.05) is 19.8 Å². The first-order valence-electron chi connectivity index (χ1n) is 16.9. The predicted molar refractivity (Wildman–Crippen MR) is 181 cm³/mol. The van der Waals surface area contributed by atoms with Gasteiger partial charge in [-0.1, -0.05) is 107 Å². The second-order valence-corrected chi connectivity index (χ2v) is 11.3. The number of nitrogens with one attached hydrogen (secondary N) is 1. The van der Waals surface area contributed by atoms with Crippen LogP contribution < -0.4 is 11.1 Å². The number of unbranched alkanes of at least 4 members (excludes halogenated alkanes) is 7. The number of esters is 2. The SMILES string of the molecule is CC.CC(C)OCCCCCCCCCC(=O)NC(Cc1ccccc1)C(=O)OCCCCOC(=O)C(N)Cc1ccccc1. The summed E-state index contributed by atoms with van der Waals surface area (Å²) in [5.74, 6) is -1.04. The van der Waals surface area contributed by atoms with Gasteiger partial charge >= 0.3 is 11.9 Å². The molecule has 8 heteroatoms. The van der Waals surface area contributed by atoms with Crippen LogP contribution in [0.15, 0.2) is 60.7 Å². The van der Waals surface area contributed by atoms with E-state index in [1.165, 1.54) is 12.8 Å². The van der Waals surface area contributed by atoms with E-state index in [2.05, 4.69) is 19.2 Å². The van der Waals surface area contributed by atoms with Crippen LogP contribution in [0.3, 0.4) is 0 Å². The van der Waals surface area contributed by atoms with Crippen LogP contribution in [0.2, 0.25) is 0 Å². The average molecular weight is 627 g/mol. The molecule has 252 valence electrons. The Morgan fingerprint density at radius 2 is 1.11 bits per heavy atom. The van der Waals surface area contributed by atoms with E-state index in [1.807, 2.05) is 74.5 Å². The number of carbonyl (C=O) groups excluding carboxylic acids is 3. The smallest absolute Gasteiger partial charge is 0.328 e. The zero-order chi connectivity index (χ0) is 33.1. The van der Waals surface area contributed by atoms with Crippen molar-refractivity contribution >= 4 is 17.8 Å². The molecular weight excluding hydrogens is 568 g/mol. The molecule has 3 N–H and O–H groups in total. The minimum Gasteiger partial charge on any atom is -0.465 e. The van der Waals surface area contributed by atoms with E-state index in [0.29, 0.717) is 38.2 Å². The van der Waals surface area contributed by atoms with Crippen molar-refractivity contribution in [3.05, 3.63) is 71.8 Å². The van der Waals surface area contributed by atoms with Gasteiger partial charge < -0.3 is 25.3 Å². The van der Waals surface area contributed by atoms with Crippen molar-refractivity contribution in [3.8, 4) is 0 Å². The van der Waals surface area contributed by atoms with Crippen LogP contribution in [0.1, 0.15) is 103 Å². The second-order valence-electron chi connectivity index (χ2n) is 11.3. The molecule has 0 heterocycles. The van der Waals surface area contributed by atoms with Gasteiger partial charge in [-0.2, -0.15) is 0 Å². The second kappa shape index (κ2) is 26.0.